The van der Waals surface area contributed by atoms with Crippen LogP contribution in [0.5, 0.6) is 0 Å². The van der Waals surface area contributed by atoms with Crippen molar-refractivity contribution in [1.29, 1.82) is 0 Å². The Morgan fingerprint density at radius 2 is 1.78 bits per heavy atom. The molecule has 0 spiro atoms. The molecule has 1 heterocycles. The summed E-state index contributed by atoms with van der Waals surface area (Å²) in [7, 11) is 0. The van der Waals surface area contributed by atoms with Gasteiger partial charge in [-0.2, -0.15) is 0 Å². The topological polar surface area (TPSA) is 40.6 Å². The number of nitrogens with zero attached hydrogens (tertiary/aromatic N) is 2. The van der Waals surface area contributed by atoms with Crippen LogP contribution in [0.3, 0.4) is 0 Å². The number of para-hydroxylation sites is 1. The van der Waals surface area contributed by atoms with E-state index in [1.165, 1.54) is 9.80 Å². The van der Waals surface area contributed by atoms with E-state index >= 15 is 0 Å². The zero-order valence-electron chi connectivity index (χ0n) is 9.92. The lowest BCUT2D eigenvalue weighted by Gasteiger charge is -2.35. The highest BCUT2D eigenvalue weighted by Gasteiger charge is 2.38. The zero-order chi connectivity index (χ0) is 13.3. The van der Waals surface area contributed by atoms with Crippen LogP contribution in [0, 0.1) is 0 Å². The first kappa shape index (κ1) is 12.4. The highest BCUT2D eigenvalue weighted by atomic mass is 32.1. The molecule has 1 aromatic rings. The van der Waals surface area contributed by atoms with Crippen LogP contribution >= 0.6 is 12.2 Å². The zero-order valence-corrected chi connectivity index (χ0v) is 10.7. The van der Waals surface area contributed by atoms with Gasteiger partial charge in [-0.25, -0.2) is 0 Å². The number of anilines is 1. The molecule has 2 amide bonds. The summed E-state index contributed by atoms with van der Waals surface area (Å²) in [5.41, 5.74) is 0.578. The van der Waals surface area contributed by atoms with E-state index in [4.69, 9.17) is 12.2 Å². The lowest BCUT2D eigenvalue weighted by Crippen LogP contribution is -2.56. The SMILES string of the molecule is C=C1C(=O)N(CC)C(=S)N(c2ccccc2)C1=O. The lowest BCUT2D eigenvalue weighted by atomic mass is 10.1. The van der Waals surface area contributed by atoms with Crippen LogP contribution in [-0.2, 0) is 9.59 Å². The molecule has 0 atom stereocenters. The van der Waals surface area contributed by atoms with E-state index in [1.807, 2.05) is 6.07 Å². The molecule has 1 aliphatic rings. The van der Waals surface area contributed by atoms with E-state index in [0.29, 0.717) is 12.2 Å². The van der Waals surface area contributed by atoms with Crippen molar-refractivity contribution in [3.63, 3.8) is 0 Å². The molecule has 18 heavy (non-hydrogen) atoms. The number of benzene rings is 1. The average Bonchev–Trinajstić information content (AvgIpc) is 2.38. The summed E-state index contributed by atoms with van der Waals surface area (Å²) in [6.07, 6.45) is 0. The fraction of sp³-hybridized carbons (Fsp3) is 0.154. The van der Waals surface area contributed by atoms with E-state index in [1.54, 1.807) is 31.2 Å². The third kappa shape index (κ3) is 1.82. The van der Waals surface area contributed by atoms with Gasteiger partial charge in [0.05, 0.1) is 11.3 Å². The van der Waals surface area contributed by atoms with Gasteiger partial charge in [-0.15, -0.1) is 0 Å². The molecule has 5 heteroatoms. The lowest BCUT2D eigenvalue weighted by molar-refractivity contribution is -0.127. The van der Waals surface area contributed by atoms with Crippen molar-refractivity contribution in [2.45, 2.75) is 6.92 Å². The highest BCUT2D eigenvalue weighted by Crippen LogP contribution is 2.23. The second kappa shape index (κ2) is 4.70. The molecule has 1 aliphatic heterocycles. The molecule has 0 bridgehead atoms. The Balaban J connectivity index is 2.47. The predicted octanol–water partition coefficient (Wildman–Crippen LogP) is 1.72. The first-order valence-corrected chi connectivity index (χ1v) is 5.93. The molecule has 0 saturated carbocycles. The van der Waals surface area contributed by atoms with Crippen LogP contribution in [0.2, 0.25) is 0 Å². The number of amides is 2. The Morgan fingerprint density at radius 1 is 1.17 bits per heavy atom. The maximum absolute atomic E-state index is 12.1. The van der Waals surface area contributed by atoms with Gasteiger partial charge in [0.25, 0.3) is 11.8 Å². The van der Waals surface area contributed by atoms with Gasteiger partial charge in [0.2, 0.25) is 0 Å². The van der Waals surface area contributed by atoms with Gasteiger partial charge in [0.15, 0.2) is 5.11 Å². The van der Waals surface area contributed by atoms with Crippen LogP contribution in [-0.4, -0.2) is 28.4 Å². The fourth-order valence-electron chi connectivity index (χ4n) is 1.77. The van der Waals surface area contributed by atoms with Gasteiger partial charge in [0.1, 0.15) is 0 Å². The van der Waals surface area contributed by atoms with Crippen molar-refractivity contribution >= 4 is 34.8 Å². The number of thiocarbonyl (C=S) groups is 1. The van der Waals surface area contributed by atoms with Crippen LogP contribution in [0.1, 0.15) is 6.92 Å². The number of carbonyl (C=O) groups excluding carboxylic acids is 2. The van der Waals surface area contributed by atoms with Gasteiger partial charge in [-0.3, -0.25) is 19.4 Å². The smallest absolute Gasteiger partial charge is 0.269 e. The monoisotopic (exact) mass is 260 g/mol. The molecular formula is C13H12N2O2S. The van der Waals surface area contributed by atoms with E-state index in [0.717, 1.165) is 0 Å². The molecule has 2 rings (SSSR count). The van der Waals surface area contributed by atoms with Crippen molar-refractivity contribution in [2.75, 3.05) is 11.4 Å². The van der Waals surface area contributed by atoms with Crippen LogP contribution in [0.25, 0.3) is 0 Å². The Bertz CT molecular complexity index is 539. The molecule has 0 N–H and O–H groups in total. The minimum Gasteiger partial charge on any atom is -0.285 e. The Morgan fingerprint density at radius 3 is 2.33 bits per heavy atom. The minimum absolute atomic E-state index is 0.0608. The summed E-state index contributed by atoms with van der Waals surface area (Å²) in [6, 6.07) is 8.99. The number of carbonyl (C=O) groups is 2. The van der Waals surface area contributed by atoms with Crippen molar-refractivity contribution in [2.24, 2.45) is 0 Å². The first-order valence-electron chi connectivity index (χ1n) is 5.52. The number of likely N-dealkylation sites (N-methyl/N-ethyl adjacent to an activating group) is 1. The molecule has 1 aromatic carbocycles. The first-order chi connectivity index (χ1) is 8.57. The van der Waals surface area contributed by atoms with E-state index in [-0.39, 0.29) is 10.7 Å². The largest absolute Gasteiger partial charge is 0.285 e. The van der Waals surface area contributed by atoms with Crippen LogP contribution in [0.4, 0.5) is 5.69 Å². The van der Waals surface area contributed by atoms with Crippen LogP contribution < -0.4 is 4.90 Å². The molecule has 0 aromatic heterocycles. The predicted molar refractivity (Wildman–Crippen MR) is 73.1 cm³/mol. The van der Waals surface area contributed by atoms with Crippen LogP contribution in [0.15, 0.2) is 42.5 Å². The van der Waals surface area contributed by atoms with Gasteiger partial charge in [-0.05, 0) is 31.3 Å². The second-order valence-corrected chi connectivity index (χ2v) is 4.15. The quantitative estimate of drug-likeness (QED) is 0.462. The standard InChI is InChI=1S/C13H12N2O2S/c1-3-14-11(16)9(2)12(17)15(13(14)18)10-7-5-4-6-8-10/h4-8H,2-3H2,1H3. The molecule has 0 radical (unpaired) electrons. The normalized spacial score (nSPS) is 16.5. The Kier molecular flexibility index (Phi) is 3.25. The van der Waals surface area contributed by atoms with E-state index in [9.17, 15) is 9.59 Å². The van der Waals surface area contributed by atoms with Gasteiger partial charge < -0.3 is 0 Å². The minimum atomic E-state index is -0.457. The van der Waals surface area contributed by atoms with E-state index in [2.05, 4.69) is 6.58 Å². The van der Waals surface area contributed by atoms with Gasteiger partial charge in [-0.1, -0.05) is 24.8 Å². The molecular weight excluding hydrogens is 248 g/mol. The fourth-order valence-corrected chi connectivity index (χ4v) is 2.17. The maximum Gasteiger partial charge on any atom is 0.269 e. The van der Waals surface area contributed by atoms with Gasteiger partial charge >= 0.3 is 0 Å². The summed E-state index contributed by atoms with van der Waals surface area (Å²) < 4.78 is 0. The average molecular weight is 260 g/mol. The summed E-state index contributed by atoms with van der Waals surface area (Å²) in [5.74, 6) is -0.874. The van der Waals surface area contributed by atoms with Crippen molar-refractivity contribution in [3.8, 4) is 0 Å². The molecule has 1 saturated heterocycles. The number of hydrogen-bond acceptors (Lipinski definition) is 3. The Hall–Kier alpha value is -2.01. The third-order valence-corrected chi connectivity index (χ3v) is 3.12. The summed E-state index contributed by atoms with van der Waals surface area (Å²) in [4.78, 5) is 26.6. The number of hydrogen-bond donors (Lipinski definition) is 0. The summed E-state index contributed by atoms with van der Waals surface area (Å²) in [5, 5.41) is 0.200. The Labute approximate surface area is 110 Å². The summed E-state index contributed by atoms with van der Waals surface area (Å²) in [6.45, 7) is 5.75. The highest BCUT2D eigenvalue weighted by molar-refractivity contribution is 7.80. The summed E-state index contributed by atoms with van der Waals surface area (Å²) >= 11 is 5.21. The maximum atomic E-state index is 12.1. The van der Waals surface area contributed by atoms with Gasteiger partial charge in [0, 0.05) is 6.54 Å². The van der Waals surface area contributed by atoms with Crippen molar-refractivity contribution in [1.82, 2.24) is 4.90 Å². The molecule has 4 nitrogen and oxygen atoms in total. The van der Waals surface area contributed by atoms with E-state index < -0.39 is 11.8 Å². The molecule has 0 unspecified atom stereocenters. The molecule has 92 valence electrons. The van der Waals surface area contributed by atoms with Crippen molar-refractivity contribution in [3.05, 3.63) is 42.5 Å². The molecule has 0 aliphatic carbocycles. The number of rotatable bonds is 2. The second-order valence-electron chi connectivity index (χ2n) is 3.79. The van der Waals surface area contributed by atoms with Crippen molar-refractivity contribution < 1.29 is 9.59 Å². The third-order valence-electron chi connectivity index (χ3n) is 2.72. The molecule has 1 fully saturated rings.